The van der Waals surface area contributed by atoms with E-state index >= 15 is 0 Å². The monoisotopic (exact) mass is 946 g/mol. The topological polar surface area (TPSA) is 142 Å². The Morgan fingerprint density at radius 3 is 1.43 bits per heavy atom. The van der Waals surface area contributed by atoms with Crippen LogP contribution in [0.2, 0.25) is 0 Å². The first-order valence-corrected chi connectivity index (χ1v) is 22.6. The van der Waals surface area contributed by atoms with Gasteiger partial charge in [-0.2, -0.15) is 0 Å². The number of esters is 4. The zero-order chi connectivity index (χ0) is 50.1. The van der Waals surface area contributed by atoms with Crippen LogP contribution < -0.4 is 14.2 Å². The Hall–Kier alpha value is -8.38. The SMILES string of the molecule is C=CC(=O)OCCO/C(=C\C(=C/CC)c1ccc(OCCOC(=O)C=C)cc1)C(C)(c1ccc(-c2ccccc2)cc1)c1cc(-c2ccc(OCCOC(=O)C=C)cc2)ccc1OCCOC(=O)C=C. The van der Waals surface area contributed by atoms with E-state index in [-0.39, 0.29) is 52.9 Å². The van der Waals surface area contributed by atoms with Gasteiger partial charge in [-0.3, -0.25) is 0 Å². The van der Waals surface area contributed by atoms with Crippen LogP contribution in [0.1, 0.15) is 37.0 Å². The average molecular weight is 947 g/mol. The van der Waals surface area contributed by atoms with Crippen LogP contribution in [0.5, 0.6) is 17.2 Å². The fourth-order valence-electron chi connectivity index (χ4n) is 7.15. The molecular weight excluding hydrogens is 889 g/mol. The summed E-state index contributed by atoms with van der Waals surface area (Å²) in [5, 5.41) is 0. The van der Waals surface area contributed by atoms with Crippen molar-refractivity contribution < 1.29 is 57.1 Å². The lowest BCUT2D eigenvalue weighted by Gasteiger charge is -2.35. The molecule has 0 fully saturated rings. The van der Waals surface area contributed by atoms with Crippen molar-refractivity contribution in [1.29, 1.82) is 0 Å². The summed E-state index contributed by atoms with van der Waals surface area (Å²) in [4.78, 5) is 47.3. The summed E-state index contributed by atoms with van der Waals surface area (Å²) in [5.41, 5.74) is 5.78. The van der Waals surface area contributed by atoms with Crippen molar-refractivity contribution >= 4 is 29.5 Å². The molecule has 362 valence electrons. The first-order chi connectivity index (χ1) is 34.0. The summed E-state index contributed by atoms with van der Waals surface area (Å²) in [6.07, 6.45) is 9.12. The molecule has 0 spiro atoms. The molecule has 0 aliphatic rings. The van der Waals surface area contributed by atoms with Crippen molar-refractivity contribution in [3.8, 4) is 39.5 Å². The Kier molecular flexibility index (Phi) is 20.6. The Balaban J connectivity index is 1.68. The summed E-state index contributed by atoms with van der Waals surface area (Å²) >= 11 is 0. The number of carbonyl (C=O) groups excluding carboxylic acids is 4. The minimum Gasteiger partial charge on any atom is -0.493 e. The number of hydrogen-bond donors (Lipinski definition) is 0. The highest BCUT2D eigenvalue weighted by atomic mass is 16.6. The smallest absolute Gasteiger partial charge is 0.330 e. The predicted octanol–water partition coefficient (Wildman–Crippen LogP) is 10.8. The third-order valence-electron chi connectivity index (χ3n) is 10.7. The van der Waals surface area contributed by atoms with Crippen LogP contribution in [0.15, 0.2) is 190 Å². The van der Waals surface area contributed by atoms with Gasteiger partial charge in [0.2, 0.25) is 0 Å². The van der Waals surface area contributed by atoms with Crippen LogP contribution in [-0.2, 0) is 48.3 Å². The Bertz CT molecular complexity index is 2630. The number of allylic oxidation sites excluding steroid dienone is 4. The lowest BCUT2D eigenvalue weighted by molar-refractivity contribution is -0.139. The van der Waals surface area contributed by atoms with Gasteiger partial charge in [0.1, 0.15) is 75.9 Å². The minimum atomic E-state index is -1.15. The first-order valence-electron chi connectivity index (χ1n) is 22.6. The Morgan fingerprint density at radius 2 is 0.914 bits per heavy atom. The third-order valence-corrected chi connectivity index (χ3v) is 10.7. The molecule has 70 heavy (non-hydrogen) atoms. The minimum absolute atomic E-state index is 0.0204. The van der Waals surface area contributed by atoms with Crippen molar-refractivity contribution in [2.24, 2.45) is 0 Å². The van der Waals surface area contributed by atoms with Gasteiger partial charge in [-0.15, -0.1) is 0 Å². The second kappa shape index (κ2) is 27.4. The quantitative estimate of drug-likeness (QED) is 0.0118. The fraction of sp³-hybridized carbons (Fsp3) is 0.207. The van der Waals surface area contributed by atoms with E-state index in [1.54, 1.807) is 0 Å². The van der Waals surface area contributed by atoms with Crippen molar-refractivity contribution in [2.75, 3.05) is 52.9 Å². The standard InChI is InChI=1S/C58H58O12/c1-7-15-46(44-20-27-49(28-21-44)63-32-36-67-54(59)8-2)41-53(66-35-39-70-57(62)11-5)58(6,48-25-18-43(19-26-48)42-16-13-12-14-17-42)51-40-47(24-31-52(51)65-34-38-69-56(61)10-4)45-22-29-50(30-23-45)64-33-37-68-55(60)9-3/h8-31,40-41H,2-5,7,32-39H2,1,6H3/b46-15+,53-41-. The van der Waals surface area contributed by atoms with Crippen molar-refractivity contribution in [3.05, 3.63) is 207 Å². The largest absolute Gasteiger partial charge is 0.493 e. The molecule has 0 amide bonds. The molecule has 5 rings (SSSR count). The molecule has 0 heterocycles. The van der Waals surface area contributed by atoms with Gasteiger partial charge in [-0.05, 0) is 94.8 Å². The number of carbonyl (C=O) groups is 4. The molecule has 12 heteroatoms. The second-order valence-electron chi connectivity index (χ2n) is 15.3. The zero-order valence-electron chi connectivity index (χ0n) is 39.6. The van der Waals surface area contributed by atoms with Gasteiger partial charge < -0.3 is 37.9 Å². The fourth-order valence-corrected chi connectivity index (χ4v) is 7.15. The van der Waals surface area contributed by atoms with E-state index in [9.17, 15) is 19.2 Å². The molecule has 1 unspecified atom stereocenters. The highest BCUT2D eigenvalue weighted by Gasteiger charge is 2.39. The van der Waals surface area contributed by atoms with E-state index in [0.29, 0.717) is 35.0 Å². The maximum atomic E-state index is 12.2. The molecule has 1 atom stereocenters. The normalized spacial score (nSPS) is 12.0. The summed E-state index contributed by atoms with van der Waals surface area (Å²) in [6, 6.07) is 39.2. The molecule has 0 aliphatic heterocycles. The van der Waals surface area contributed by atoms with Crippen LogP contribution >= 0.6 is 0 Å². The Labute approximate surface area is 409 Å². The van der Waals surface area contributed by atoms with Gasteiger partial charge >= 0.3 is 23.9 Å². The van der Waals surface area contributed by atoms with E-state index in [1.807, 2.05) is 117 Å². The molecule has 0 aromatic heterocycles. The summed E-state index contributed by atoms with van der Waals surface area (Å²) < 4.78 is 45.9. The summed E-state index contributed by atoms with van der Waals surface area (Å²) in [5.74, 6) is -0.0990. The Morgan fingerprint density at radius 1 is 0.486 bits per heavy atom. The maximum absolute atomic E-state index is 12.2. The van der Waals surface area contributed by atoms with Crippen LogP contribution in [0.3, 0.4) is 0 Å². The van der Waals surface area contributed by atoms with Gasteiger partial charge in [0.05, 0.1) is 5.41 Å². The van der Waals surface area contributed by atoms with Gasteiger partial charge in [-0.1, -0.05) is 124 Å². The first kappa shape index (κ1) is 52.6. The molecule has 0 aliphatic carbocycles. The van der Waals surface area contributed by atoms with E-state index in [4.69, 9.17) is 37.9 Å². The van der Waals surface area contributed by atoms with Crippen molar-refractivity contribution in [1.82, 2.24) is 0 Å². The van der Waals surface area contributed by atoms with Crippen LogP contribution in [0.4, 0.5) is 0 Å². The molecule has 0 saturated heterocycles. The lowest BCUT2D eigenvalue weighted by atomic mass is 9.72. The zero-order valence-corrected chi connectivity index (χ0v) is 39.6. The van der Waals surface area contributed by atoms with E-state index in [1.165, 1.54) is 0 Å². The van der Waals surface area contributed by atoms with Gasteiger partial charge in [0.25, 0.3) is 0 Å². The van der Waals surface area contributed by atoms with Gasteiger partial charge in [0.15, 0.2) is 0 Å². The lowest BCUT2D eigenvalue weighted by Crippen LogP contribution is -2.30. The molecule has 0 saturated carbocycles. The van der Waals surface area contributed by atoms with Crippen LogP contribution in [0.25, 0.3) is 27.8 Å². The molecule has 0 bridgehead atoms. The number of benzene rings is 5. The average Bonchev–Trinajstić information content (AvgIpc) is 3.40. The van der Waals surface area contributed by atoms with Gasteiger partial charge in [-0.25, -0.2) is 19.2 Å². The molecule has 5 aromatic carbocycles. The number of hydrogen-bond acceptors (Lipinski definition) is 12. The third kappa shape index (κ3) is 15.3. The van der Waals surface area contributed by atoms with Crippen molar-refractivity contribution in [2.45, 2.75) is 25.7 Å². The van der Waals surface area contributed by atoms with E-state index in [0.717, 1.165) is 63.3 Å². The van der Waals surface area contributed by atoms with Crippen LogP contribution in [0, 0.1) is 0 Å². The van der Waals surface area contributed by atoms with Crippen molar-refractivity contribution in [3.63, 3.8) is 0 Å². The highest BCUT2D eigenvalue weighted by Crippen LogP contribution is 2.47. The van der Waals surface area contributed by atoms with E-state index < -0.39 is 29.3 Å². The molecule has 0 N–H and O–H groups in total. The number of ether oxygens (including phenoxy) is 8. The maximum Gasteiger partial charge on any atom is 0.330 e. The summed E-state index contributed by atoms with van der Waals surface area (Å²) in [6.45, 7) is 18.3. The molecule has 5 aromatic rings. The van der Waals surface area contributed by atoms with Gasteiger partial charge in [0, 0.05) is 29.9 Å². The molecule has 12 nitrogen and oxygen atoms in total. The molecular formula is C58H58O12. The second-order valence-corrected chi connectivity index (χ2v) is 15.3. The molecule has 0 radical (unpaired) electrons. The highest BCUT2D eigenvalue weighted by molar-refractivity contribution is 5.82. The predicted molar refractivity (Wildman–Crippen MR) is 270 cm³/mol. The summed E-state index contributed by atoms with van der Waals surface area (Å²) in [7, 11) is 0. The van der Waals surface area contributed by atoms with Crippen LogP contribution in [-0.4, -0.2) is 76.7 Å². The van der Waals surface area contributed by atoms with E-state index in [2.05, 4.69) is 56.7 Å². The number of rotatable bonds is 28.